The maximum Gasteiger partial charge on any atom is 0.115 e. The number of aliphatic hydroxyl groups excluding tert-OH is 1. The van der Waals surface area contributed by atoms with Crippen molar-refractivity contribution >= 4 is 5.57 Å². The first-order valence-corrected chi connectivity index (χ1v) is 9.39. The Morgan fingerprint density at radius 3 is 2.04 bits per heavy atom. The molecule has 0 saturated heterocycles. The largest absolute Gasteiger partial charge is 0.508 e. The van der Waals surface area contributed by atoms with Gasteiger partial charge in [0.05, 0.1) is 0 Å². The van der Waals surface area contributed by atoms with Crippen molar-refractivity contribution in [3.8, 4) is 5.75 Å². The molecule has 3 rings (SSSR count). The molecule has 1 aliphatic carbocycles. The zero-order chi connectivity index (χ0) is 17.6. The highest BCUT2D eigenvalue weighted by Crippen LogP contribution is 2.40. The predicted molar refractivity (Wildman–Crippen MR) is 104 cm³/mol. The van der Waals surface area contributed by atoms with Crippen molar-refractivity contribution in [2.45, 2.75) is 45.4 Å². The number of phenols is 1. The zero-order valence-electron chi connectivity index (χ0n) is 15.0. The van der Waals surface area contributed by atoms with E-state index in [-0.39, 0.29) is 6.61 Å². The third kappa shape index (κ3) is 4.32. The average molecular weight is 336 g/mol. The fraction of sp³-hybridized carbons (Fsp3) is 0.391. The second-order valence-electron chi connectivity index (χ2n) is 7.12. The lowest BCUT2D eigenvalue weighted by atomic mass is 9.83. The van der Waals surface area contributed by atoms with Crippen LogP contribution in [0.2, 0.25) is 0 Å². The van der Waals surface area contributed by atoms with Gasteiger partial charge in [-0.1, -0.05) is 60.4 Å². The van der Waals surface area contributed by atoms with E-state index in [1.165, 1.54) is 48.0 Å². The fourth-order valence-electron chi connectivity index (χ4n) is 3.96. The van der Waals surface area contributed by atoms with Gasteiger partial charge in [0, 0.05) is 6.61 Å². The number of rotatable bonds is 6. The van der Waals surface area contributed by atoms with Gasteiger partial charge < -0.3 is 10.2 Å². The van der Waals surface area contributed by atoms with Crippen molar-refractivity contribution in [3.63, 3.8) is 0 Å². The zero-order valence-corrected chi connectivity index (χ0v) is 15.0. The van der Waals surface area contributed by atoms with Crippen LogP contribution < -0.4 is 0 Å². The third-order valence-corrected chi connectivity index (χ3v) is 5.27. The van der Waals surface area contributed by atoms with E-state index in [4.69, 9.17) is 0 Å². The molecule has 25 heavy (non-hydrogen) atoms. The number of aliphatic hydroxyl groups is 1. The summed E-state index contributed by atoms with van der Waals surface area (Å²) in [6.07, 6.45) is 6.82. The molecule has 0 spiro atoms. The van der Waals surface area contributed by atoms with E-state index >= 15 is 0 Å². The topological polar surface area (TPSA) is 40.5 Å². The normalized spacial score (nSPS) is 16.1. The molecule has 1 aliphatic rings. The van der Waals surface area contributed by atoms with Crippen LogP contribution in [0.25, 0.3) is 5.57 Å². The molecule has 2 aromatic rings. The minimum absolute atomic E-state index is 0.229. The van der Waals surface area contributed by atoms with Gasteiger partial charge in [-0.15, -0.1) is 0 Å². The van der Waals surface area contributed by atoms with Crippen molar-refractivity contribution in [1.29, 1.82) is 0 Å². The van der Waals surface area contributed by atoms with E-state index in [9.17, 15) is 10.2 Å². The van der Waals surface area contributed by atoms with Crippen LogP contribution in [0.5, 0.6) is 5.75 Å². The fourth-order valence-corrected chi connectivity index (χ4v) is 3.96. The lowest BCUT2D eigenvalue weighted by Crippen LogP contribution is -2.05. The highest BCUT2D eigenvalue weighted by Gasteiger charge is 2.23. The monoisotopic (exact) mass is 336 g/mol. The molecule has 0 unspecified atom stereocenters. The van der Waals surface area contributed by atoms with E-state index in [1.54, 1.807) is 12.1 Å². The number of aromatic hydroxyl groups is 1. The van der Waals surface area contributed by atoms with Gasteiger partial charge in [0.15, 0.2) is 0 Å². The Balaban J connectivity index is 2.14. The van der Waals surface area contributed by atoms with Gasteiger partial charge >= 0.3 is 0 Å². The van der Waals surface area contributed by atoms with Crippen LogP contribution >= 0.6 is 0 Å². The van der Waals surface area contributed by atoms with Gasteiger partial charge in [-0.25, -0.2) is 0 Å². The van der Waals surface area contributed by atoms with Gasteiger partial charge in [-0.3, -0.25) is 0 Å². The SMILES string of the molecule is Cc1ccc(/C(=C(\CCCO)C2CCCC2)c2ccc(O)cc2)cc1. The average Bonchev–Trinajstić information content (AvgIpc) is 3.15. The molecule has 0 atom stereocenters. The molecule has 1 fully saturated rings. The van der Waals surface area contributed by atoms with Crippen LogP contribution in [0, 0.1) is 12.8 Å². The molecule has 0 bridgehead atoms. The number of hydrogen-bond donors (Lipinski definition) is 2. The number of benzene rings is 2. The van der Waals surface area contributed by atoms with Gasteiger partial charge in [0.25, 0.3) is 0 Å². The Bertz CT molecular complexity index is 657. The molecular weight excluding hydrogens is 308 g/mol. The summed E-state index contributed by atoms with van der Waals surface area (Å²) < 4.78 is 0. The molecule has 0 aliphatic heterocycles. The number of phenolic OH excluding ortho intramolecular Hbond substituents is 1. The minimum Gasteiger partial charge on any atom is -0.508 e. The van der Waals surface area contributed by atoms with Crippen molar-refractivity contribution in [2.75, 3.05) is 6.61 Å². The summed E-state index contributed by atoms with van der Waals surface area (Å²) in [7, 11) is 0. The van der Waals surface area contributed by atoms with Crippen LogP contribution in [-0.4, -0.2) is 16.8 Å². The first-order chi connectivity index (χ1) is 12.2. The molecule has 2 heteroatoms. The summed E-state index contributed by atoms with van der Waals surface area (Å²) in [6.45, 7) is 2.34. The summed E-state index contributed by atoms with van der Waals surface area (Å²) in [6, 6.07) is 16.3. The van der Waals surface area contributed by atoms with Crippen LogP contribution in [-0.2, 0) is 0 Å². The maximum absolute atomic E-state index is 9.69. The summed E-state index contributed by atoms with van der Waals surface area (Å²) in [4.78, 5) is 0. The summed E-state index contributed by atoms with van der Waals surface area (Å²) >= 11 is 0. The predicted octanol–water partition coefficient (Wildman–Crippen LogP) is 5.47. The van der Waals surface area contributed by atoms with Crippen LogP contribution in [0.3, 0.4) is 0 Å². The first-order valence-electron chi connectivity index (χ1n) is 9.39. The number of hydrogen-bond acceptors (Lipinski definition) is 2. The number of aryl methyl sites for hydroxylation is 1. The second-order valence-corrected chi connectivity index (χ2v) is 7.12. The van der Waals surface area contributed by atoms with E-state index in [2.05, 4.69) is 31.2 Å². The van der Waals surface area contributed by atoms with Crippen molar-refractivity contribution in [1.82, 2.24) is 0 Å². The smallest absolute Gasteiger partial charge is 0.115 e. The quantitative estimate of drug-likeness (QED) is 0.735. The molecule has 0 aromatic heterocycles. The van der Waals surface area contributed by atoms with E-state index in [0.29, 0.717) is 11.7 Å². The molecule has 0 radical (unpaired) electrons. The summed E-state index contributed by atoms with van der Waals surface area (Å²) in [5, 5.41) is 19.1. The molecule has 1 saturated carbocycles. The van der Waals surface area contributed by atoms with Crippen molar-refractivity contribution < 1.29 is 10.2 Å². The summed E-state index contributed by atoms with van der Waals surface area (Å²) in [5.41, 5.74) is 6.41. The lowest BCUT2D eigenvalue weighted by molar-refractivity contribution is 0.287. The van der Waals surface area contributed by atoms with E-state index in [1.807, 2.05) is 12.1 Å². The molecule has 2 aromatic carbocycles. The lowest BCUT2D eigenvalue weighted by Gasteiger charge is -2.22. The Morgan fingerprint density at radius 1 is 0.920 bits per heavy atom. The van der Waals surface area contributed by atoms with E-state index in [0.717, 1.165) is 18.4 Å². The molecule has 0 amide bonds. The number of allylic oxidation sites excluding steroid dienone is 1. The molecule has 2 N–H and O–H groups in total. The maximum atomic E-state index is 9.69. The van der Waals surface area contributed by atoms with Gasteiger partial charge in [-0.2, -0.15) is 0 Å². The molecule has 2 nitrogen and oxygen atoms in total. The van der Waals surface area contributed by atoms with Crippen LogP contribution in [0.15, 0.2) is 54.1 Å². The van der Waals surface area contributed by atoms with Crippen molar-refractivity contribution in [2.24, 2.45) is 5.92 Å². The van der Waals surface area contributed by atoms with E-state index < -0.39 is 0 Å². The highest BCUT2D eigenvalue weighted by atomic mass is 16.3. The van der Waals surface area contributed by atoms with Gasteiger partial charge in [-0.05, 0) is 67.4 Å². The van der Waals surface area contributed by atoms with Gasteiger partial charge in [0.2, 0.25) is 0 Å². The first kappa shape index (κ1) is 17.8. The Hall–Kier alpha value is -2.06. The Morgan fingerprint density at radius 2 is 1.48 bits per heavy atom. The highest BCUT2D eigenvalue weighted by molar-refractivity contribution is 5.82. The Labute approximate surface area is 150 Å². The van der Waals surface area contributed by atoms with Crippen LogP contribution in [0.1, 0.15) is 55.2 Å². The molecule has 132 valence electrons. The third-order valence-electron chi connectivity index (χ3n) is 5.27. The second kappa shape index (κ2) is 8.35. The standard InChI is InChI=1S/C23H28O2/c1-17-8-10-19(11-9-17)23(20-12-14-21(25)15-13-20)22(7-4-16-24)18-5-2-3-6-18/h8-15,18,24-25H,2-7,16H2,1H3/b23-22-. The Kier molecular flexibility index (Phi) is 5.93. The summed E-state index contributed by atoms with van der Waals surface area (Å²) in [5.74, 6) is 0.904. The minimum atomic E-state index is 0.229. The molecular formula is C23H28O2. The molecule has 0 heterocycles. The van der Waals surface area contributed by atoms with Gasteiger partial charge in [0.1, 0.15) is 5.75 Å². The van der Waals surface area contributed by atoms with Crippen LogP contribution in [0.4, 0.5) is 0 Å². The van der Waals surface area contributed by atoms with Crippen molar-refractivity contribution in [3.05, 3.63) is 70.8 Å².